The van der Waals surface area contributed by atoms with Gasteiger partial charge in [-0.3, -0.25) is 4.79 Å². The van der Waals surface area contributed by atoms with Crippen molar-refractivity contribution in [1.82, 2.24) is 9.71 Å². The van der Waals surface area contributed by atoms with Crippen molar-refractivity contribution >= 4 is 21.6 Å². The van der Waals surface area contributed by atoms with Crippen LogP contribution in [0.3, 0.4) is 0 Å². The molecule has 5 nitrogen and oxygen atoms in total. The Labute approximate surface area is 128 Å². The molecule has 0 atom stereocenters. The molecule has 0 amide bonds. The van der Waals surface area contributed by atoms with Gasteiger partial charge in [-0.25, -0.2) is 13.1 Å². The Bertz CT molecular complexity index is 800. The quantitative estimate of drug-likeness (QED) is 0.882. The van der Waals surface area contributed by atoms with Gasteiger partial charge in [0.05, 0.1) is 4.90 Å². The van der Waals surface area contributed by atoms with Crippen molar-refractivity contribution < 1.29 is 8.42 Å². The normalized spacial score (nSPS) is 11.5. The van der Waals surface area contributed by atoms with Crippen LogP contribution in [0, 0.1) is 0 Å². The van der Waals surface area contributed by atoms with E-state index in [-0.39, 0.29) is 16.5 Å². The Morgan fingerprint density at radius 1 is 1.24 bits per heavy atom. The molecular formula is C14H15ClN2O3S. The standard InChI is InChI=1S/C14H15ClN2O3S/c1-2-10-5-3-4-6-11(10)8-17-21(19,20)12-7-13(15)14(18)16-9-12/h3-7,9,17H,2,8H2,1H3,(H,16,18). The number of pyridine rings is 1. The predicted molar refractivity (Wildman–Crippen MR) is 81.9 cm³/mol. The number of hydrogen-bond donors (Lipinski definition) is 2. The molecule has 0 spiro atoms. The number of rotatable bonds is 5. The number of aryl methyl sites for hydroxylation is 1. The fraction of sp³-hybridized carbons (Fsp3) is 0.214. The highest BCUT2D eigenvalue weighted by molar-refractivity contribution is 7.89. The van der Waals surface area contributed by atoms with Gasteiger partial charge in [0, 0.05) is 12.7 Å². The van der Waals surface area contributed by atoms with Gasteiger partial charge < -0.3 is 4.98 Å². The lowest BCUT2D eigenvalue weighted by atomic mass is 10.1. The number of hydrogen-bond acceptors (Lipinski definition) is 3. The van der Waals surface area contributed by atoms with E-state index in [9.17, 15) is 13.2 Å². The van der Waals surface area contributed by atoms with Gasteiger partial charge in [-0.1, -0.05) is 42.8 Å². The summed E-state index contributed by atoms with van der Waals surface area (Å²) in [5, 5.41) is -0.160. The first-order valence-electron chi connectivity index (χ1n) is 6.38. The van der Waals surface area contributed by atoms with Crippen LogP contribution in [-0.4, -0.2) is 13.4 Å². The molecule has 2 aromatic rings. The van der Waals surface area contributed by atoms with Crippen LogP contribution < -0.4 is 10.3 Å². The van der Waals surface area contributed by atoms with E-state index in [0.29, 0.717) is 0 Å². The predicted octanol–water partition coefficient (Wildman–Crippen LogP) is 2.07. The van der Waals surface area contributed by atoms with Gasteiger partial charge >= 0.3 is 0 Å². The lowest BCUT2D eigenvalue weighted by Gasteiger charge is -2.10. The van der Waals surface area contributed by atoms with Crippen LogP contribution in [0.25, 0.3) is 0 Å². The third-order valence-electron chi connectivity index (χ3n) is 3.09. The molecule has 0 fully saturated rings. The van der Waals surface area contributed by atoms with Crippen molar-refractivity contribution in [2.45, 2.75) is 24.8 Å². The van der Waals surface area contributed by atoms with E-state index < -0.39 is 15.6 Å². The first-order chi connectivity index (χ1) is 9.94. The summed E-state index contributed by atoms with van der Waals surface area (Å²) in [6.07, 6.45) is 1.95. The number of aromatic amines is 1. The minimum atomic E-state index is -3.73. The molecule has 7 heteroatoms. The van der Waals surface area contributed by atoms with Crippen LogP contribution in [0.4, 0.5) is 0 Å². The number of nitrogens with one attached hydrogen (secondary N) is 2. The van der Waals surface area contributed by atoms with E-state index in [1.54, 1.807) is 0 Å². The average Bonchev–Trinajstić information content (AvgIpc) is 2.48. The van der Waals surface area contributed by atoms with Gasteiger partial charge in [-0.05, 0) is 23.6 Å². The second-order valence-corrected chi connectivity index (χ2v) is 6.63. The monoisotopic (exact) mass is 326 g/mol. The summed E-state index contributed by atoms with van der Waals surface area (Å²) in [4.78, 5) is 13.4. The number of aromatic nitrogens is 1. The summed E-state index contributed by atoms with van der Waals surface area (Å²) in [6, 6.07) is 8.74. The molecule has 0 unspecified atom stereocenters. The Kier molecular flexibility index (Phi) is 4.82. The van der Waals surface area contributed by atoms with Gasteiger partial charge in [0.25, 0.3) is 5.56 Å². The van der Waals surface area contributed by atoms with Crippen LogP contribution in [-0.2, 0) is 23.0 Å². The molecule has 0 aliphatic rings. The van der Waals surface area contributed by atoms with Crippen molar-refractivity contribution in [1.29, 1.82) is 0 Å². The molecule has 1 aromatic heterocycles. The zero-order valence-corrected chi connectivity index (χ0v) is 13.0. The second kappa shape index (κ2) is 6.43. The first-order valence-corrected chi connectivity index (χ1v) is 8.25. The van der Waals surface area contributed by atoms with Crippen LogP contribution in [0.5, 0.6) is 0 Å². The van der Waals surface area contributed by atoms with E-state index in [1.807, 2.05) is 31.2 Å². The molecule has 1 aromatic carbocycles. The maximum absolute atomic E-state index is 12.2. The van der Waals surface area contributed by atoms with Gasteiger partial charge in [0.2, 0.25) is 10.0 Å². The summed E-state index contributed by atoms with van der Waals surface area (Å²) in [5.41, 5.74) is 1.48. The molecule has 0 aliphatic carbocycles. The summed E-state index contributed by atoms with van der Waals surface area (Å²) >= 11 is 5.65. The number of H-pyrrole nitrogens is 1. The van der Waals surface area contributed by atoms with E-state index in [0.717, 1.165) is 29.8 Å². The number of halogens is 1. The zero-order chi connectivity index (χ0) is 15.5. The van der Waals surface area contributed by atoms with E-state index in [4.69, 9.17) is 11.6 Å². The topological polar surface area (TPSA) is 79.0 Å². The average molecular weight is 327 g/mol. The fourth-order valence-electron chi connectivity index (χ4n) is 1.92. The molecule has 0 aliphatic heterocycles. The number of benzene rings is 1. The minimum Gasteiger partial charge on any atom is -0.326 e. The van der Waals surface area contributed by atoms with E-state index in [2.05, 4.69) is 9.71 Å². The molecule has 0 saturated heterocycles. The van der Waals surface area contributed by atoms with Gasteiger partial charge in [-0.2, -0.15) is 0 Å². The Hall–Kier alpha value is -1.63. The maximum atomic E-state index is 12.2. The minimum absolute atomic E-state index is 0.0684. The molecule has 0 radical (unpaired) electrons. The third-order valence-corrected chi connectivity index (χ3v) is 4.76. The molecule has 2 N–H and O–H groups in total. The highest BCUT2D eigenvalue weighted by Gasteiger charge is 2.15. The molecule has 0 bridgehead atoms. The molecule has 1 heterocycles. The molecule has 2 rings (SSSR count). The highest BCUT2D eigenvalue weighted by atomic mass is 35.5. The summed E-state index contributed by atoms with van der Waals surface area (Å²) in [6.45, 7) is 2.19. The molecule has 0 saturated carbocycles. The first kappa shape index (κ1) is 15.8. The van der Waals surface area contributed by atoms with Crippen molar-refractivity contribution in [3.63, 3.8) is 0 Å². The Morgan fingerprint density at radius 2 is 1.90 bits per heavy atom. The van der Waals surface area contributed by atoms with Crippen molar-refractivity contribution in [2.75, 3.05) is 0 Å². The molecular weight excluding hydrogens is 312 g/mol. The van der Waals surface area contributed by atoms with Crippen molar-refractivity contribution in [3.8, 4) is 0 Å². The molecule has 21 heavy (non-hydrogen) atoms. The lowest BCUT2D eigenvalue weighted by Crippen LogP contribution is -2.24. The van der Waals surface area contributed by atoms with Crippen molar-refractivity contribution in [2.24, 2.45) is 0 Å². The summed E-state index contributed by atoms with van der Waals surface area (Å²) in [7, 11) is -3.73. The van der Waals surface area contributed by atoms with Crippen LogP contribution in [0.2, 0.25) is 5.02 Å². The van der Waals surface area contributed by atoms with E-state index >= 15 is 0 Å². The Morgan fingerprint density at radius 3 is 2.52 bits per heavy atom. The smallest absolute Gasteiger partial charge is 0.266 e. The SMILES string of the molecule is CCc1ccccc1CNS(=O)(=O)c1c[nH]c(=O)c(Cl)c1. The van der Waals surface area contributed by atoms with Crippen molar-refractivity contribution in [3.05, 3.63) is 63.0 Å². The Balaban J connectivity index is 2.21. The third kappa shape index (κ3) is 3.72. The number of sulfonamides is 1. The molecule has 112 valence electrons. The van der Waals surface area contributed by atoms with Gasteiger partial charge in [-0.15, -0.1) is 0 Å². The maximum Gasteiger partial charge on any atom is 0.266 e. The van der Waals surface area contributed by atoms with Crippen LogP contribution >= 0.6 is 11.6 Å². The van der Waals surface area contributed by atoms with Crippen LogP contribution in [0.15, 0.2) is 46.2 Å². The highest BCUT2D eigenvalue weighted by Crippen LogP contribution is 2.13. The summed E-state index contributed by atoms with van der Waals surface area (Å²) < 4.78 is 26.9. The fourth-order valence-corrected chi connectivity index (χ4v) is 3.16. The summed E-state index contributed by atoms with van der Waals surface area (Å²) in [5.74, 6) is 0. The van der Waals surface area contributed by atoms with Gasteiger partial charge in [0.1, 0.15) is 5.02 Å². The lowest BCUT2D eigenvalue weighted by molar-refractivity contribution is 0.580. The second-order valence-electron chi connectivity index (χ2n) is 4.46. The van der Waals surface area contributed by atoms with E-state index in [1.165, 1.54) is 0 Å². The van der Waals surface area contributed by atoms with Gasteiger partial charge in [0.15, 0.2) is 0 Å². The zero-order valence-electron chi connectivity index (χ0n) is 11.4. The largest absolute Gasteiger partial charge is 0.326 e. The van der Waals surface area contributed by atoms with Crippen LogP contribution in [0.1, 0.15) is 18.1 Å².